The molecule has 4 N–H and O–H groups in total. The summed E-state index contributed by atoms with van der Waals surface area (Å²) in [6, 6.07) is 1.56. The number of primary amides is 1. The van der Waals surface area contributed by atoms with Crippen LogP contribution in [0.2, 0.25) is 5.02 Å². The number of nitrogens with two attached hydrogens (primary N) is 1. The van der Waals surface area contributed by atoms with Crippen molar-refractivity contribution >= 4 is 29.4 Å². The van der Waals surface area contributed by atoms with Crippen molar-refractivity contribution in [3.8, 4) is 0 Å². The molecule has 0 saturated carbocycles. The minimum absolute atomic E-state index is 0.0983. The Labute approximate surface area is 112 Å². The summed E-state index contributed by atoms with van der Waals surface area (Å²) < 4.78 is 12.8. The Balaban J connectivity index is 2.87. The summed E-state index contributed by atoms with van der Waals surface area (Å²) in [6.45, 7) is 0. The van der Waals surface area contributed by atoms with Crippen LogP contribution in [0.5, 0.6) is 0 Å². The highest BCUT2D eigenvalue weighted by Gasteiger charge is 2.23. The van der Waals surface area contributed by atoms with Gasteiger partial charge in [0.2, 0.25) is 5.91 Å². The number of rotatable bonds is 5. The van der Waals surface area contributed by atoms with Crippen LogP contribution in [0.4, 0.5) is 4.39 Å². The summed E-state index contributed by atoms with van der Waals surface area (Å²) in [7, 11) is 0. The summed E-state index contributed by atoms with van der Waals surface area (Å²) in [5.41, 5.74) is 4.77. The van der Waals surface area contributed by atoms with Gasteiger partial charge in [0.05, 0.1) is 17.0 Å². The molecular weight excluding hydrogens is 279 g/mol. The normalized spacial score (nSPS) is 11.7. The van der Waals surface area contributed by atoms with Gasteiger partial charge in [-0.3, -0.25) is 9.59 Å². The first-order valence-corrected chi connectivity index (χ1v) is 5.46. The zero-order chi connectivity index (χ0) is 14.6. The lowest BCUT2D eigenvalue weighted by atomic mass is 10.1. The maximum atomic E-state index is 12.8. The number of halogens is 2. The molecule has 1 aromatic rings. The van der Waals surface area contributed by atoms with Crippen LogP contribution in [-0.2, 0) is 9.59 Å². The van der Waals surface area contributed by atoms with Crippen molar-refractivity contribution in [2.24, 2.45) is 5.73 Å². The van der Waals surface area contributed by atoms with E-state index in [1.165, 1.54) is 0 Å². The predicted molar refractivity (Wildman–Crippen MR) is 64.1 cm³/mol. The third-order valence-electron chi connectivity index (χ3n) is 2.18. The van der Waals surface area contributed by atoms with Gasteiger partial charge in [0, 0.05) is 0 Å². The van der Waals surface area contributed by atoms with E-state index in [1.807, 2.05) is 0 Å². The van der Waals surface area contributed by atoms with Crippen LogP contribution >= 0.6 is 11.6 Å². The average molecular weight is 289 g/mol. The van der Waals surface area contributed by atoms with E-state index in [0.29, 0.717) is 0 Å². The molecular formula is C11H10ClFN2O4. The number of benzene rings is 1. The Morgan fingerprint density at radius 1 is 1.42 bits per heavy atom. The minimum atomic E-state index is -1.47. The summed E-state index contributed by atoms with van der Waals surface area (Å²) in [5.74, 6) is -3.75. The molecule has 8 heteroatoms. The molecule has 19 heavy (non-hydrogen) atoms. The highest BCUT2D eigenvalue weighted by atomic mass is 35.5. The average Bonchev–Trinajstić information content (AvgIpc) is 2.26. The molecule has 102 valence electrons. The van der Waals surface area contributed by atoms with Crippen molar-refractivity contribution in [2.75, 3.05) is 0 Å². The summed E-state index contributed by atoms with van der Waals surface area (Å²) in [6.07, 6.45) is -0.556. The second-order valence-electron chi connectivity index (χ2n) is 3.66. The van der Waals surface area contributed by atoms with Crippen molar-refractivity contribution in [1.82, 2.24) is 5.32 Å². The van der Waals surface area contributed by atoms with Crippen LogP contribution in [0.3, 0.4) is 0 Å². The Kier molecular flexibility index (Phi) is 4.82. The van der Waals surface area contributed by atoms with Gasteiger partial charge in [-0.05, 0) is 18.2 Å². The molecule has 0 aromatic heterocycles. The Hall–Kier alpha value is -2.15. The Morgan fingerprint density at radius 3 is 2.53 bits per heavy atom. The minimum Gasteiger partial charge on any atom is -0.480 e. The van der Waals surface area contributed by atoms with E-state index in [9.17, 15) is 18.8 Å². The van der Waals surface area contributed by atoms with E-state index in [0.717, 1.165) is 18.2 Å². The number of carboxylic acid groups (broad SMARTS) is 1. The molecule has 1 atom stereocenters. The monoisotopic (exact) mass is 288 g/mol. The van der Waals surface area contributed by atoms with Gasteiger partial charge in [-0.1, -0.05) is 11.6 Å². The Bertz CT molecular complexity index is 535. The van der Waals surface area contributed by atoms with E-state index >= 15 is 0 Å². The number of amides is 2. The molecule has 0 aliphatic carbocycles. The maximum absolute atomic E-state index is 12.8. The molecule has 0 aliphatic heterocycles. The summed E-state index contributed by atoms with van der Waals surface area (Å²) in [4.78, 5) is 33.2. The van der Waals surface area contributed by atoms with Gasteiger partial charge in [0.15, 0.2) is 0 Å². The van der Waals surface area contributed by atoms with Gasteiger partial charge in [0.25, 0.3) is 5.91 Å². The molecule has 1 unspecified atom stereocenters. The maximum Gasteiger partial charge on any atom is 0.326 e. The fourth-order valence-electron chi connectivity index (χ4n) is 1.31. The third kappa shape index (κ3) is 4.22. The summed E-state index contributed by atoms with van der Waals surface area (Å²) in [5, 5.41) is 10.7. The second-order valence-corrected chi connectivity index (χ2v) is 4.07. The molecule has 0 heterocycles. The Morgan fingerprint density at radius 2 is 2.05 bits per heavy atom. The molecule has 1 aromatic carbocycles. The highest BCUT2D eigenvalue weighted by molar-refractivity contribution is 6.33. The third-order valence-corrected chi connectivity index (χ3v) is 2.50. The molecule has 0 aliphatic rings. The lowest BCUT2D eigenvalue weighted by Gasteiger charge is -2.13. The van der Waals surface area contributed by atoms with Gasteiger partial charge in [-0.25, -0.2) is 9.18 Å². The number of carbonyl (C=O) groups excluding carboxylic acids is 2. The molecule has 0 radical (unpaired) electrons. The molecule has 1 rings (SSSR count). The van der Waals surface area contributed by atoms with Crippen LogP contribution in [0.15, 0.2) is 18.2 Å². The lowest BCUT2D eigenvalue weighted by Crippen LogP contribution is -2.43. The van der Waals surface area contributed by atoms with Gasteiger partial charge in [-0.15, -0.1) is 0 Å². The number of carboxylic acids is 1. The smallest absolute Gasteiger partial charge is 0.326 e. The van der Waals surface area contributed by atoms with E-state index in [2.05, 4.69) is 5.32 Å². The molecule has 6 nitrogen and oxygen atoms in total. The van der Waals surface area contributed by atoms with Crippen molar-refractivity contribution < 1.29 is 23.9 Å². The van der Waals surface area contributed by atoms with Crippen LogP contribution in [0, 0.1) is 5.82 Å². The molecule has 0 bridgehead atoms. The molecule has 0 saturated heterocycles. The predicted octanol–water partition coefficient (Wildman–Crippen LogP) is 0.537. The fraction of sp³-hybridized carbons (Fsp3) is 0.182. The first-order valence-electron chi connectivity index (χ1n) is 5.08. The van der Waals surface area contributed by atoms with E-state index in [4.69, 9.17) is 22.4 Å². The first kappa shape index (κ1) is 14.9. The zero-order valence-corrected chi connectivity index (χ0v) is 10.3. The van der Waals surface area contributed by atoms with Crippen molar-refractivity contribution in [3.05, 3.63) is 34.6 Å². The molecule has 0 spiro atoms. The van der Waals surface area contributed by atoms with Gasteiger partial charge in [-0.2, -0.15) is 0 Å². The van der Waals surface area contributed by atoms with Gasteiger partial charge >= 0.3 is 5.97 Å². The number of hydrogen-bond donors (Lipinski definition) is 3. The SMILES string of the molecule is NC(=O)CC(NC(=O)c1ccc(F)cc1Cl)C(=O)O. The number of nitrogens with one attached hydrogen (secondary N) is 1. The molecule has 2 amide bonds. The van der Waals surface area contributed by atoms with Crippen LogP contribution in [0.25, 0.3) is 0 Å². The van der Waals surface area contributed by atoms with Crippen molar-refractivity contribution in [2.45, 2.75) is 12.5 Å². The van der Waals surface area contributed by atoms with Gasteiger partial charge < -0.3 is 16.2 Å². The van der Waals surface area contributed by atoms with Crippen molar-refractivity contribution in [3.63, 3.8) is 0 Å². The van der Waals surface area contributed by atoms with E-state index in [-0.39, 0.29) is 10.6 Å². The second kappa shape index (κ2) is 6.14. The van der Waals surface area contributed by atoms with Crippen molar-refractivity contribution in [1.29, 1.82) is 0 Å². The zero-order valence-electron chi connectivity index (χ0n) is 9.52. The first-order chi connectivity index (χ1) is 8.81. The quantitative estimate of drug-likeness (QED) is 0.734. The standard InChI is InChI=1S/C11H10ClFN2O4/c12-7-3-5(13)1-2-6(7)10(17)15-8(11(18)19)4-9(14)16/h1-3,8H,4H2,(H2,14,16)(H,15,17)(H,18,19). The number of hydrogen-bond acceptors (Lipinski definition) is 3. The molecule has 0 fully saturated rings. The summed E-state index contributed by atoms with van der Waals surface area (Å²) >= 11 is 5.65. The van der Waals surface area contributed by atoms with E-state index < -0.39 is 36.1 Å². The largest absolute Gasteiger partial charge is 0.480 e. The van der Waals surface area contributed by atoms with Crippen LogP contribution in [0.1, 0.15) is 16.8 Å². The van der Waals surface area contributed by atoms with E-state index in [1.54, 1.807) is 0 Å². The number of aliphatic carboxylic acids is 1. The topological polar surface area (TPSA) is 109 Å². The highest BCUT2D eigenvalue weighted by Crippen LogP contribution is 2.17. The van der Waals surface area contributed by atoms with Gasteiger partial charge in [0.1, 0.15) is 11.9 Å². The number of carbonyl (C=O) groups is 3. The van der Waals surface area contributed by atoms with Crippen LogP contribution in [-0.4, -0.2) is 28.9 Å². The van der Waals surface area contributed by atoms with Crippen LogP contribution < -0.4 is 11.1 Å². The lowest BCUT2D eigenvalue weighted by molar-refractivity contribution is -0.140. The fourth-order valence-corrected chi connectivity index (χ4v) is 1.56.